The fourth-order valence-corrected chi connectivity index (χ4v) is 5.03. The zero-order valence-corrected chi connectivity index (χ0v) is 15.3. The second kappa shape index (κ2) is 7.10. The van der Waals surface area contributed by atoms with E-state index in [1.807, 2.05) is 4.90 Å². The van der Waals surface area contributed by atoms with E-state index in [0.29, 0.717) is 28.8 Å². The quantitative estimate of drug-likeness (QED) is 0.812. The fourth-order valence-electron chi connectivity index (χ4n) is 5.03. The molecule has 5 nitrogen and oxygen atoms in total. The summed E-state index contributed by atoms with van der Waals surface area (Å²) in [6.07, 6.45) is 11.0. The number of hydrogen-bond donors (Lipinski definition) is 0. The summed E-state index contributed by atoms with van der Waals surface area (Å²) in [5.41, 5.74) is 0.821. The molecule has 1 aromatic rings. The molecular weight excluding hydrogens is 316 g/mol. The van der Waals surface area contributed by atoms with Crippen molar-refractivity contribution >= 4 is 5.91 Å². The first-order chi connectivity index (χ1) is 12.2. The molecule has 0 N–H and O–H groups in total. The highest BCUT2D eigenvalue weighted by Gasteiger charge is 2.43. The number of hydrogen-bond acceptors (Lipinski definition) is 4. The van der Waals surface area contributed by atoms with Crippen molar-refractivity contribution in [1.82, 2.24) is 9.88 Å². The number of aromatic nitrogens is 1. The Balaban J connectivity index is 1.46. The Bertz CT molecular complexity index is 600. The minimum absolute atomic E-state index is 0.0545. The SMILES string of the molecule is CC1CCN(C(=O)c2coc(C3CCOCC3)n2)CC12CCCCC2. The van der Waals surface area contributed by atoms with E-state index in [9.17, 15) is 4.79 Å². The molecule has 0 aromatic carbocycles. The van der Waals surface area contributed by atoms with Crippen LogP contribution < -0.4 is 0 Å². The lowest BCUT2D eigenvalue weighted by molar-refractivity contribution is 0.00652. The number of rotatable bonds is 2. The Morgan fingerprint density at radius 2 is 1.96 bits per heavy atom. The van der Waals surface area contributed by atoms with E-state index in [1.54, 1.807) is 6.26 Å². The average Bonchev–Trinajstić information content (AvgIpc) is 3.15. The summed E-state index contributed by atoms with van der Waals surface area (Å²) in [5.74, 6) is 1.77. The van der Waals surface area contributed by atoms with Gasteiger partial charge in [0, 0.05) is 32.2 Å². The lowest BCUT2D eigenvalue weighted by Crippen LogP contribution is -2.51. The molecule has 4 rings (SSSR count). The van der Waals surface area contributed by atoms with Crippen LogP contribution in [0.1, 0.15) is 80.6 Å². The van der Waals surface area contributed by atoms with E-state index in [-0.39, 0.29) is 5.91 Å². The first-order valence-electron chi connectivity index (χ1n) is 10.0. The van der Waals surface area contributed by atoms with Gasteiger partial charge < -0.3 is 14.1 Å². The maximum atomic E-state index is 13.0. The van der Waals surface area contributed by atoms with E-state index >= 15 is 0 Å². The molecule has 138 valence electrons. The van der Waals surface area contributed by atoms with Crippen molar-refractivity contribution in [2.75, 3.05) is 26.3 Å². The molecule has 3 fully saturated rings. The van der Waals surface area contributed by atoms with Gasteiger partial charge >= 0.3 is 0 Å². The van der Waals surface area contributed by atoms with E-state index in [0.717, 1.165) is 45.6 Å². The van der Waals surface area contributed by atoms with E-state index < -0.39 is 0 Å². The standard InChI is InChI=1S/C20H30N2O3/c1-15-5-10-22(14-20(15)8-3-2-4-9-20)19(23)17-13-25-18(21-17)16-6-11-24-12-7-16/h13,15-16H,2-12,14H2,1H3. The van der Waals surface area contributed by atoms with Crippen molar-refractivity contribution in [2.45, 2.75) is 64.2 Å². The maximum Gasteiger partial charge on any atom is 0.275 e. The molecule has 0 radical (unpaired) electrons. The van der Waals surface area contributed by atoms with Crippen molar-refractivity contribution in [3.8, 4) is 0 Å². The lowest BCUT2D eigenvalue weighted by atomic mass is 9.63. The minimum atomic E-state index is 0.0545. The van der Waals surface area contributed by atoms with Gasteiger partial charge in [-0.3, -0.25) is 4.79 Å². The van der Waals surface area contributed by atoms with Crippen molar-refractivity contribution in [2.24, 2.45) is 11.3 Å². The van der Waals surface area contributed by atoms with Gasteiger partial charge in [-0.25, -0.2) is 4.98 Å². The summed E-state index contributed by atoms with van der Waals surface area (Å²) in [6.45, 7) is 5.63. The second-order valence-electron chi connectivity index (χ2n) is 8.30. The van der Waals surface area contributed by atoms with E-state index in [2.05, 4.69) is 11.9 Å². The van der Waals surface area contributed by atoms with Crippen molar-refractivity contribution in [3.05, 3.63) is 17.8 Å². The monoisotopic (exact) mass is 346 g/mol. The normalized spacial score (nSPS) is 27.6. The van der Waals surface area contributed by atoms with Gasteiger partial charge in [0.25, 0.3) is 5.91 Å². The first kappa shape index (κ1) is 17.1. The Kier molecular flexibility index (Phi) is 4.85. The highest BCUT2D eigenvalue weighted by Crippen LogP contribution is 2.47. The van der Waals surface area contributed by atoms with Gasteiger partial charge in [-0.2, -0.15) is 0 Å². The van der Waals surface area contributed by atoms with Crippen LogP contribution in [0.4, 0.5) is 0 Å². The van der Waals surface area contributed by atoms with Gasteiger partial charge in [0.1, 0.15) is 6.26 Å². The topological polar surface area (TPSA) is 55.6 Å². The van der Waals surface area contributed by atoms with Crippen LogP contribution in [0.25, 0.3) is 0 Å². The lowest BCUT2D eigenvalue weighted by Gasteiger charge is -2.49. The van der Waals surface area contributed by atoms with Gasteiger partial charge in [-0.15, -0.1) is 0 Å². The largest absolute Gasteiger partial charge is 0.448 e. The minimum Gasteiger partial charge on any atom is -0.448 e. The van der Waals surface area contributed by atoms with Crippen molar-refractivity contribution in [3.63, 3.8) is 0 Å². The summed E-state index contributed by atoms with van der Waals surface area (Å²) in [6, 6.07) is 0. The molecule has 3 aliphatic rings. The predicted molar refractivity (Wildman–Crippen MR) is 94.5 cm³/mol. The van der Waals surface area contributed by atoms with Crippen LogP contribution in [0.3, 0.4) is 0 Å². The smallest absolute Gasteiger partial charge is 0.275 e. The van der Waals surface area contributed by atoms with Crippen LogP contribution in [0.5, 0.6) is 0 Å². The number of oxazole rings is 1. The molecule has 2 saturated heterocycles. The predicted octanol–water partition coefficient (Wildman–Crippen LogP) is 4.00. The van der Waals surface area contributed by atoms with Crippen molar-refractivity contribution in [1.29, 1.82) is 0 Å². The third-order valence-electron chi connectivity index (χ3n) is 6.83. The number of piperidine rings is 1. The van der Waals surface area contributed by atoms with Gasteiger partial charge in [-0.05, 0) is 43.4 Å². The number of nitrogens with zero attached hydrogens (tertiary/aromatic N) is 2. The third-order valence-corrected chi connectivity index (χ3v) is 6.83. The molecule has 3 heterocycles. The van der Waals surface area contributed by atoms with Crippen LogP contribution in [-0.4, -0.2) is 42.1 Å². The Hall–Kier alpha value is -1.36. The summed E-state index contributed by atoms with van der Waals surface area (Å²) in [5, 5.41) is 0. The molecule has 25 heavy (non-hydrogen) atoms. The molecule has 1 amide bonds. The van der Waals surface area contributed by atoms with Crippen LogP contribution in [-0.2, 0) is 4.74 Å². The Morgan fingerprint density at radius 1 is 1.20 bits per heavy atom. The molecular formula is C20H30N2O3. The molecule has 1 saturated carbocycles. The van der Waals surface area contributed by atoms with Crippen LogP contribution in [0, 0.1) is 11.3 Å². The molecule has 1 spiro atoms. The molecule has 1 aromatic heterocycles. The van der Waals surface area contributed by atoms with Crippen molar-refractivity contribution < 1.29 is 13.9 Å². The number of likely N-dealkylation sites (tertiary alicyclic amines) is 1. The van der Waals surface area contributed by atoms with Crippen LogP contribution >= 0.6 is 0 Å². The van der Waals surface area contributed by atoms with Crippen LogP contribution in [0.15, 0.2) is 10.7 Å². The molecule has 0 bridgehead atoms. The number of carbonyl (C=O) groups excluding carboxylic acids is 1. The molecule has 2 aliphatic heterocycles. The molecule has 5 heteroatoms. The first-order valence-corrected chi connectivity index (χ1v) is 10.0. The van der Waals surface area contributed by atoms with Gasteiger partial charge in [0.15, 0.2) is 11.6 Å². The number of ether oxygens (including phenoxy) is 1. The van der Waals surface area contributed by atoms with Gasteiger partial charge in [-0.1, -0.05) is 26.2 Å². The highest BCUT2D eigenvalue weighted by molar-refractivity contribution is 5.92. The summed E-state index contributed by atoms with van der Waals surface area (Å²) >= 11 is 0. The molecule has 1 unspecified atom stereocenters. The maximum absolute atomic E-state index is 13.0. The summed E-state index contributed by atoms with van der Waals surface area (Å²) in [7, 11) is 0. The number of amides is 1. The summed E-state index contributed by atoms with van der Waals surface area (Å²) < 4.78 is 11.1. The van der Waals surface area contributed by atoms with E-state index in [4.69, 9.17) is 9.15 Å². The average molecular weight is 346 g/mol. The van der Waals surface area contributed by atoms with Crippen LogP contribution in [0.2, 0.25) is 0 Å². The Morgan fingerprint density at radius 3 is 2.72 bits per heavy atom. The second-order valence-corrected chi connectivity index (χ2v) is 8.30. The Labute approximate surface area is 150 Å². The fraction of sp³-hybridized carbons (Fsp3) is 0.800. The van der Waals surface area contributed by atoms with Gasteiger partial charge in [0.05, 0.1) is 0 Å². The van der Waals surface area contributed by atoms with Gasteiger partial charge in [0.2, 0.25) is 0 Å². The summed E-state index contributed by atoms with van der Waals surface area (Å²) in [4.78, 5) is 19.6. The molecule has 1 aliphatic carbocycles. The molecule has 1 atom stereocenters. The van der Waals surface area contributed by atoms with E-state index in [1.165, 1.54) is 32.1 Å². The number of carbonyl (C=O) groups is 1. The zero-order chi connectivity index (χ0) is 17.3. The zero-order valence-electron chi connectivity index (χ0n) is 15.3. The third kappa shape index (κ3) is 3.35. The highest BCUT2D eigenvalue weighted by atomic mass is 16.5.